The number of amides is 1. The first-order valence-corrected chi connectivity index (χ1v) is 10.3. The number of aromatic amines is 1. The number of ether oxygens (including phenoxy) is 1. The van der Waals surface area contributed by atoms with Crippen LogP contribution in [-0.2, 0) is 6.54 Å². The standard InChI is InChI=1S/C22H30N4O2/c1-16-21(13-23-24-16)22(27)25(2)14-18-11-20(12-18)28-19-7-5-17(6-8-19)15-26-9-3-4-10-26/h5-8,13,18,20H,3-4,9-12,14-15H2,1-2H3,(H,23,24). The van der Waals surface area contributed by atoms with Gasteiger partial charge < -0.3 is 9.64 Å². The fraction of sp³-hybridized carbons (Fsp3) is 0.545. The number of nitrogens with zero attached hydrogens (tertiary/aromatic N) is 3. The number of aromatic nitrogens is 2. The zero-order valence-electron chi connectivity index (χ0n) is 16.9. The second-order valence-electron chi connectivity index (χ2n) is 8.30. The number of H-pyrrole nitrogens is 1. The van der Waals surface area contributed by atoms with E-state index in [0.717, 1.165) is 37.4 Å². The predicted octanol–water partition coefficient (Wildman–Crippen LogP) is 3.24. The van der Waals surface area contributed by atoms with Gasteiger partial charge in [-0.05, 0) is 69.3 Å². The molecule has 6 nitrogen and oxygen atoms in total. The van der Waals surface area contributed by atoms with E-state index in [1.807, 2.05) is 14.0 Å². The Kier molecular flexibility index (Phi) is 5.67. The first kappa shape index (κ1) is 19.0. The third-order valence-electron chi connectivity index (χ3n) is 5.96. The molecule has 2 aliphatic rings. The molecule has 6 heteroatoms. The maximum atomic E-state index is 12.5. The van der Waals surface area contributed by atoms with Gasteiger partial charge in [0, 0.05) is 25.8 Å². The molecule has 2 heterocycles. The topological polar surface area (TPSA) is 61.5 Å². The Balaban J connectivity index is 1.20. The highest BCUT2D eigenvalue weighted by Gasteiger charge is 2.33. The lowest BCUT2D eigenvalue weighted by molar-refractivity contribution is 0.0419. The van der Waals surface area contributed by atoms with Crippen molar-refractivity contribution in [3.05, 3.63) is 47.3 Å². The summed E-state index contributed by atoms with van der Waals surface area (Å²) in [6.07, 6.45) is 6.51. The molecule has 0 spiro atoms. The van der Waals surface area contributed by atoms with E-state index in [9.17, 15) is 4.79 Å². The van der Waals surface area contributed by atoms with Crippen LogP contribution in [0.1, 0.15) is 47.3 Å². The first-order valence-electron chi connectivity index (χ1n) is 10.3. The molecule has 1 amide bonds. The minimum Gasteiger partial charge on any atom is -0.490 e. The minimum absolute atomic E-state index is 0.0317. The second kappa shape index (κ2) is 8.35. The van der Waals surface area contributed by atoms with Crippen molar-refractivity contribution in [2.24, 2.45) is 5.92 Å². The van der Waals surface area contributed by atoms with Crippen LogP contribution in [-0.4, -0.2) is 58.7 Å². The van der Waals surface area contributed by atoms with Gasteiger partial charge in [-0.1, -0.05) is 12.1 Å². The number of rotatable bonds is 7. The van der Waals surface area contributed by atoms with E-state index in [-0.39, 0.29) is 12.0 Å². The average molecular weight is 383 g/mol. The van der Waals surface area contributed by atoms with Crippen molar-refractivity contribution >= 4 is 5.91 Å². The number of nitrogens with one attached hydrogen (secondary N) is 1. The van der Waals surface area contributed by atoms with Gasteiger partial charge in [0.2, 0.25) is 0 Å². The van der Waals surface area contributed by atoms with Gasteiger partial charge in [0.05, 0.1) is 17.9 Å². The number of carbonyl (C=O) groups is 1. The van der Waals surface area contributed by atoms with Crippen molar-refractivity contribution in [1.82, 2.24) is 20.0 Å². The number of likely N-dealkylation sites (tertiary alicyclic amines) is 1. The molecule has 1 aromatic heterocycles. The van der Waals surface area contributed by atoms with Crippen molar-refractivity contribution in [3.8, 4) is 5.75 Å². The third-order valence-corrected chi connectivity index (χ3v) is 5.96. The van der Waals surface area contributed by atoms with Gasteiger partial charge in [0.25, 0.3) is 5.91 Å². The van der Waals surface area contributed by atoms with Gasteiger partial charge in [-0.3, -0.25) is 14.8 Å². The van der Waals surface area contributed by atoms with Gasteiger partial charge in [0.15, 0.2) is 0 Å². The maximum Gasteiger partial charge on any atom is 0.257 e. The van der Waals surface area contributed by atoms with E-state index in [1.54, 1.807) is 11.1 Å². The minimum atomic E-state index is 0.0317. The molecular formula is C22H30N4O2. The molecular weight excluding hydrogens is 352 g/mol. The van der Waals surface area contributed by atoms with Crippen LogP contribution in [0.5, 0.6) is 5.75 Å². The molecule has 1 aliphatic carbocycles. The molecule has 2 fully saturated rings. The lowest BCUT2D eigenvalue weighted by Crippen LogP contribution is -2.42. The molecule has 1 saturated carbocycles. The first-order chi connectivity index (χ1) is 13.6. The zero-order valence-corrected chi connectivity index (χ0v) is 16.9. The van der Waals surface area contributed by atoms with Crippen LogP contribution in [0.4, 0.5) is 0 Å². The average Bonchev–Trinajstić information content (AvgIpc) is 3.32. The van der Waals surface area contributed by atoms with E-state index in [0.29, 0.717) is 11.5 Å². The normalized spacial score (nSPS) is 22.1. The van der Waals surface area contributed by atoms with E-state index in [1.165, 1.54) is 31.5 Å². The Bertz CT molecular complexity index is 789. The summed E-state index contributed by atoms with van der Waals surface area (Å²) in [6, 6.07) is 8.55. The molecule has 0 bridgehead atoms. The van der Waals surface area contributed by atoms with Gasteiger partial charge in [-0.25, -0.2) is 0 Å². The number of carbonyl (C=O) groups excluding carboxylic acids is 1. The molecule has 0 atom stereocenters. The summed E-state index contributed by atoms with van der Waals surface area (Å²) in [5.41, 5.74) is 2.83. The monoisotopic (exact) mass is 382 g/mol. The quantitative estimate of drug-likeness (QED) is 0.799. The van der Waals surface area contributed by atoms with Gasteiger partial charge in [0.1, 0.15) is 5.75 Å². The Morgan fingerprint density at radius 1 is 1.25 bits per heavy atom. The fourth-order valence-corrected chi connectivity index (χ4v) is 4.23. The lowest BCUT2D eigenvalue weighted by Gasteiger charge is -2.37. The fourth-order valence-electron chi connectivity index (χ4n) is 4.23. The van der Waals surface area contributed by atoms with E-state index in [4.69, 9.17) is 4.74 Å². The third kappa shape index (κ3) is 4.38. The summed E-state index contributed by atoms with van der Waals surface area (Å²) in [4.78, 5) is 16.8. The van der Waals surface area contributed by atoms with E-state index >= 15 is 0 Å². The van der Waals surface area contributed by atoms with Crippen LogP contribution in [0.15, 0.2) is 30.5 Å². The Hall–Kier alpha value is -2.34. The second-order valence-corrected chi connectivity index (χ2v) is 8.30. The smallest absolute Gasteiger partial charge is 0.257 e. The largest absolute Gasteiger partial charge is 0.490 e. The Morgan fingerprint density at radius 2 is 1.96 bits per heavy atom. The molecule has 1 aliphatic heterocycles. The Labute approximate surface area is 166 Å². The predicted molar refractivity (Wildman–Crippen MR) is 108 cm³/mol. The molecule has 0 radical (unpaired) electrons. The Morgan fingerprint density at radius 3 is 2.61 bits per heavy atom. The summed E-state index contributed by atoms with van der Waals surface area (Å²) in [6.45, 7) is 6.12. The van der Waals surface area contributed by atoms with Gasteiger partial charge >= 0.3 is 0 Å². The molecule has 28 heavy (non-hydrogen) atoms. The van der Waals surface area contributed by atoms with Crippen LogP contribution in [0.3, 0.4) is 0 Å². The van der Waals surface area contributed by atoms with Crippen molar-refractivity contribution < 1.29 is 9.53 Å². The highest BCUT2D eigenvalue weighted by molar-refractivity contribution is 5.94. The summed E-state index contributed by atoms with van der Waals surface area (Å²) in [5.74, 6) is 1.48. The van der Waals surface area contributed by atoms with Gasteiger partial charge in [-0.2, -0.15) is 5.10 Å². The van der Waals surface area contributed by atoms with Gasteiger partial charge in [-0.15, -0.1) is 0 Å². The maximum absolute atomic E-state index is 12.5. The number of aryl methyl sites for hydroxylation is 1. The molecule has 0 unspecified atom stereocenters. The SMILES string of the molecule is Cc1[nH]ncc1C(=O)N(C)CC1CC(Oc2ccc(CN3CCCC3)cc2)C1. The number of hydrogen-bond donors (Lipinski definition) is 1. The van der Waals surface area contributed by atoms with Crippen LogP contribution >= 0.6 is 0 Å². The zero-order chi connectivity index (χ0) is 19.5. The summed E-state index contributed by atoms with van der Waals surface area (Å²) in [7, 11) is 1.86. The molecule has 1 N–H and O–H groups in total. The summed E-state index contributed by atoms with van der Waals surface area (Å²) in [5, 5.41) is 6.76. The molecule has 2 aromatic rings. The van der Waals surface area contributed by atoms with Crippen LogP contribution < -0.4 is 4.74 Å². The highest BCUT2D eigenvalue weighted by atomic mass is 16.5. The number of benzene rings is 1. The van der Waals surface area contributed by atoms with E-state index < -0.39 is 0 Å². The number of hydrogen-bond acceptors (Lipinski definition) is 4. The summed E-state index contributed by atoms with van der Waals surface area (Å²) < 4.78 is 6.11. The van der Waals surface area contributed by atoms with E-state index in [2.05, 4.69) is 39.4 Å². The van der Waals surface area contributed by atoms with Crippen molar-refractivity contribution in [1.29, 1.82) is 0 Å². The van der Waals surface area contributed by atoms with Crippen LogP contribution in [0.25, 0.3) is 0 Å². The van der Waals surface area contributed by atoms with Crippen molar-refractivity contribution in [2.45, 2.75) is 45.3 Å². The molecule has 4 rings (SSSR count). The van der Waals surface area contributed by atoms with Crippen LogP contribution in [0.2, 0.25) is 0 Å². The molecule has 1 saturated heterocycles. The van der Waals surface area contributed by atoms with Crippen molar-refractivity contribution in [2.75, 3.05) is 26.7 Å². The van der Waals surface area contributed by atoms with Crippen LogP contribution in [0, 0.1) is 12.8 Å². The highest BCUT2D eigenvalue weighted by Crippen LogP contribution is 2.32. The summed E-state index contributed by atoms with van der Waals surface area (Å²) >= 11 is 0. The lowest BCUT2D eigenvalue weighted by atomic mass is 9.82. The molecule has 150 valence electrons. The molecule has 1 aromatic carbocycles. The van der Waals surface area contributed by atoms with Crippen molar-refractivity contribution in [3.63, 3.8) is 0 Å².